The van der Waals surface area contributed by atoms with Crippen LogP contribution >= 0.6 is 11.3 Å². The van der Waals surface area contributed by atoms with E-state index in [4.69, 9.17) is 0 Å². The molecule has 0 bridgehead atoms. The maximum atomic E-state index is 10.5. The Labute approximate surface area is 120 Å². The van der Waals surface area contributed by atoms with Crippen molar-refractivity contribution in [1.29, 1.82) is 0 Å². The summed E-state index contributed by atoms with van der Waals surface area (Å²) < 4.78 is 1.83. The number of hydrogen-bond donors (Lipinski definition) is 2. The second-order valence-corrected chi connectivity index (χ2v) is 5.80. The van der Waals surface area contributed by atoms with Crippen LogP contribution in [0.15, 0.2) is 30.2 Å². The number of aryl methyl sites for hydroxylation is 1. The zero-order valence-electron chi connectivity index (χ0n) is 11.2. The van der Waals surface area contributed by atoms with Crippen LogP contribution in [0.25, 0.3) is 11.2 Å². The fraction of sp³-hybridized carbons (Fsp3) is 0.308. The molecule has 3 rings (SSSR count). The van der Waals surface area contributed by atoms with Gasteiger partial charge < -0.3 is 15.0 Å². The van der Waals surface area contributed by atoms with Crippen LogP contribution in [0.1, 0.15) is 11.8 Å². The lowest BCUT2D eigenvalue weighted by Crippen LogP contribution is -2.30. The number of rotatable bonds is 4. The number of hydrogen-bond acceptors (Lipinski definition) is 6. The van der Waals surface area contributed by atoms with E-state index in [0.717, 1.165) is 10.5 Å². The molecule has 3 aromatic heterocycles. The molecule has 7 heteroatoms. The number of thiophene rings is 1. The molecule has 0 saturated heterocycles. The third-order valence-corrected chi connectivity index (χ3v) is 4.27. The van der Waals surface area contributed by atoms with Gasteiger partial charge in [0.1, 0.15) is 17.4 Å². The number of aromatic nitrogens is 4. The first-order valence-corrected chi connectivity index (χ1v) is 7.08. The molecule has 0 radical (unpaired) electrons. The van der Waals surface area contributed by atoms with Crippen LogP contribution in [-0.2, 0) is 12.6 Å². The van der Waals surface area contributed by atoms with Gasteiger partial charge in [-0.3, -0.25) is 0 Å². The maximum Gasteiger partial charge on any atom is 0.165 e. The van der Waals surface area contributed by atoms with E-state index in [1.807, 2.05) is 29.1 Å². The topological polar surface area (TPSA) is 75.9 Å². The fourth-order valence-electron chi connectivity index (χ4n) is 2.00. The van der Waals surface area contributed by atoms with E-state index in [9.17, 15) is 5.11 Å². The molecule has 0 spiro atoms. The lowest BCUT2D eigenvalue weighted by atomic mass is 10.1. The smallest absolute Gasteiger partial charge is 0.165 e. The summed E-state index contributed by atoms with van der Waals surface area (Å²) in [5.41, 5.74) is 0.524. The molecular weight excluding hydrogens is 274 g/mol. The van der Waals surface area contributed by atoms with Crippen LogP contribution < -0.4 is 5.32 Å². The standard InChI is InChI=1S/C13H15N5OS/c1-13(19,9-4-3-5-20-9)6-14-11-10-12(16-7-15-11)18(2)8-17-10/h3-5,7-8,19H,6H2,1-2H3,(H,14,15,16). The lowest BCUT2D eigenvalue weighted by molar-refractivity contribution is 0.0754. The number of fused-ring (bicyclic) bond motifs is 1. The first-order chi connectivity index (χ1) is 9.58. The highest BCUT2D eigenvalue weighted by Crippen LogP contribution is 2.26. The highest BCUT2D eigenvalue weighted by atomic mass is 32.1. The average Bonchev–Trinajstić information content (AvgIpc) is 3.07. The third kappa shape index (κ3) is 2.25. The molecule has 1 atom stereocenters. The molecule has 0 aliphatic heterocycles. The van der Waals surface area contributed by atoms with Crippen LogP contribution in [0.3, 0.4) is 0 Å². The van der Waals surface area contributed by atoms with Crippen molar-refractivity contribution in [3.05, 3.63) is 35.0 Å². The van der Waals surface area contributed by atoms with Crippen LogP contribution in [0, 0.1) is 0 Å². The second kappa shape index (κ2) is 4.84. The Bertz CT molecular complexity index is 720. The normalized spacial score (nSPS) is 14.3. The largest absolute Gasteiger partial charge is 0.383 e. The Morgan fingerprint density at radius 3 is 3.00 bits per heavy atom. The zero-order chi connectivity index (χ0) is 14.2. The third-order valence-electron chi connectivity index (χ3n) is 3.15. The molecule has 6 nitrogen and oxygen atoms in total. The van der Waals surface area contributed by atoms with Gasteiger partial charge in [0.2, 0.25) is 0 Å². The van der Waals surface area contributed by atoms with Gasteiger partial charge in [0.05, 0.1) is 6.33 Å². The summed E-state index contributed by atoms with van der Waals surface area (Å²) in [7, 11) is 1.88. The van der Waals surface area contributed by atoms with E-state index < -0.39 is 5.60 Å². The highest BCUT2D eigenvalue weighted by molar-refractivity contribution is 7.10. The number of anilines is 1. The zero-order valence-corrected chi connectivity index (χ0v) is 12.1. The molecule has 0 aromatic carbocycles. The fourth-order valence-corrected chi connectivity index (χ4v) is 2.79. The van der Waals surface area contributed by atoms with Crippen molar-refractivity contribution in [2.75, 3.05) is 11.9 Å². The Balaban J connectivity index is 1.84. The summed E-state index contributed by atoms with van der Waals surface area (Å²) >= 11 is 1.53. The quantitative estimate of drug-likeness (QED) is 0.765. The number of imidazole rings is 1. The molecule has 0 aliphatic carbocycles. The van der Waals surface area contributed by atoms with Crippen molar-refractivity contribution in [2.45, 2.75) is 12.5 Å². The molecule has 0 amide bonds. The summed E-state index contributed by atoms with van der Waals surface area (Å²) in [6.07, 6.45) is 3.19. The highest BCUT2D eigenvalue weighted by Gasteiger charge is 2.24. The van der Waals surface area contributed by atoms with Crippen molar-refractivity contribution in [1.82, 2.24) is 19.5 Å². The summed E-state index contributed by atoms with van der Waals surface area (Å²) in [5.74, 6) is 0.632. The second-order valence-electron chi connectivity index (χ2n) is 4.85. The maximum absolute atomic E-state index is 10.5. The van der Waals surface area contributed by atoms with Crippen LogP contribution in [0.4, 0.5) is 5.82 Å². The van der Waals surface area contributed by atoms with Gasteiger partial charge in [-0.05, 0) is 18.4 Å². The Hall–Kier alpha value is -1.99. The Morgan fingerprint density at radius 2 is 2.25 bits per heavy atom. The molecule has 2 N–H and O–H groups in total. The van der Waals surface area contributed by atoms with E-state index in [2.05, 4.69) is 20.3 Å². The van der Waals surface area contributed by atoms with E-state index in [1.54, 1.807) is 13.3 Å². The summed E-state index contributed by atoms with van der Waals surface area (Å²) in [5, 5.41) is 15.6. The van der Waals surface area contributed by atoms with Gasteiger partial charge in [0.15, 0.2) is 11.5 Å². The van der Waals surface area contributed by atoms with Crippen molar-refractivity contribution in [3.63, 3.8) is 0 Å². The number of nitrogens with one attached hydrogen (secondary N) is 1. The Morgan fingerprint density at radius 1 is 1.40 bits per heavy atom. The molecule has 0 saturated carbocycles. The summed E-state index contributed by atoms with van der Waals surface area (Å²) in [6, 6.07) is 3.85. The van der Waals surface area contributed by atoms with E-state index >= 15 is 0 Å². The predicted molar refractivity (Wildman–Crippen MR) is 78.7 cm³/mol. The summed E-state index contributed by atoms with van der Waals surface area (Å²) in [6.45, 7) is 2.14. The van der Waals surface area contributed by atoms with Crippen molar-refractivity contribution in [2.24, 2.45) is 7.05 Å². The van der Waals surface area contributed by atoms with E-state index in [1.165, 1.54) is 17.7 Å². The van der Waals surface area contributed by atoms with Crippen LogP contribution in [0.2, 0.25) is 0 Å². The predicted octanol–water partition coefficient (Wildman–Crippen LogP) is 1.74. The molecule has 0 aliphatic rings. The SMILES string of the molecule is Cn1cnc2c(NCC(C)(O)c3cccs3)ncnc21. The minimum absolute atomic E-state index is 0.357. The van der Waals surface area contributed by atoms with Gasteiger partial charge in [-0.1, -0.05) is 6.07 Å². The summed E-state index contributed by atoms with van der Waals surface area (Å²) in [4.78, 5) is 13.6. The molecular formula is C13H15N5OS. The molecule has 104 valence electrons. The first-order valence-electron chi connectivity index (χ1n) is 6.20. The minimum atomic E-state index is -0.944. The van der Waals surface area contributed by atoms with Gasteiger partial charge in [-0.15, -0.1) is 11.3 Å². The van der Waals surface area contributed by atoms with Gasteiger partial charge in [-0.25, -0.2) is 15.0 Å². The first kappa shape index (κ1) is 13.0. The monoisotopic (exact) mass is 289 g/mol. The van der Waals surface area contributed by atoms with E-state index in [-0.39, 0.29) is 0 Å². The van der Waals surface area contributed by atoms with Crippen molar-refractivity contribution >= 4 is 28.3 Å². The van der Waals surface area contributed by atoms with Crippen LogP contribution in [0.5, 0.6) is 0 Å². The van der Waals surface area contributed by atoms with Crippen molar-refractivity contribution < 1.29 is 5.11 Å². The van der Waals surface area contributed by atoms with Crippen molar-refractivity contribution in [3.8, 4) is 0 Å². The van der Waals surface area contributed by atoms with E-state index in [0.29, 0.717) is 17.9 Å². The lowest BCUT2D eigenvalue weighted by Gasteiger charge is -2.22. The molecule has 3 aromatic rings. The molecule has 1 unspecified atom stereocenters. The van der Waals surface area contributed by atoms with Gasteiger partial charge in [0.25, 0.3) is 0 Å². The molecule has 20 heavy (non-hydrogen) atoms. The van der Waals surface area contributed by atoms with Gasteiger partial charge in [0, 0.05) is 18.5 Å². The number of aliphatic hydroxyl groups is 1. The average molecular weight is 289 g/mol. The Kier molecular flexibility index (Phi) is 3.15. The molecule has 0 fully saturated rings. The van der Waals surface area contributed by atoms with Gasteiger partial charge >= 0.3 is 0 Å². The van der Waals surface area contributed by atoms with Crippen LogP contribution in [-0.4, -0.2) is 31.2 Å². The molecule has 3 heterocycles. The number of nitrogens with zero attached hydrogens (tertiary/aromatic N) is 4. The minimum Gasteiger partial charge on any atom is -0.383 e. The van der Waals surface area contributed by atoms with Gasteiger partial charge in [-0.2, -0.15) is 0 Å².